The zero-order chi connectivity index (χ0) is 26.2. The van der Waals surface area contributed by atoms with Crippen molar-refractivity contribution in [3.8, 4) is 5.75 Å². The third-order valence-corrected chi connectivity index (χ3v) is 6.34. The van der Waals surface area contributed by atoms with Gasteiger partial charge in [0.2, 0.25) is 0 Å². The van der Waals surface area contributed by atoms with Crippen LogP contribution in [0.4, 0.5) is 5.69 Å². The van der Waals surface area contributed by atoms with Gasteiger partial charge in [0, 0.05) is 18.3 Å². The Hall–Kier alpha value is -1.44. The number of nitrogens with two attached hydrogens (primary N) is 1. The largest absolute Gasteiger partial charge is 0.494 e. The first-order valence-electron chi connectivity index (χ1n) is 13.5. The Kier molecular flexibility index (Phi) is 23.3. The minimum Gasteiger partial charge on any atom is -0.494 e. The van der Waals surface area contributed by atoms with E-state index in [0.29, 0.717) is 13.0 Å². The number of aliphatic hydroxyl groups excluding tert-OH is 1. The number of anilines is 1. The molecule has 0 radical (unpaired) electrons. The number of thioether (sulfide) groups is 1. The number of nitrogen functional groups attached to an aromatic ring is 1. The normalized spacial score (nSPS) is 12.5. The van der Waals surface area contributed by atoms with E-state index < -0.39 is 18.1 Å². The van der Waals surface area contributed by atoms with Crippen LogP contribution in [0.1, 0.15) is 97.3 Å². The number of unbranched alkanes of at least 4 members (excludes halogenated alkanes) is 11. The highest BCUT2D eigenvalue weighted by atomic mass is 32.2. The minimum absolute atomic E-state index is 0.325. The second kappa shape index (κ2) is 24.3. The molecular weight excluding hydrogens is 460 g/mol. The molecule has 2 atom stereocenters. The number of aliphatic hydroxyl groups is 1. The van der Waals surface area contributed by atoms with E-state index >= 15 is 0 Å². The number of hydrogen-bond donors (Lipinski definition) is 4. The van der Waals surface area contributed by atoms with Crippen molar-refractivity contribution in [1.29, 1.82) is 0 Å². The van der Waals surface area contributed by atoms with Crippen molar-refractivity contribution in [2.24, 2.45) is 0 Å². The van der Waals surface area contributed by atoms with E-state index in [-0.39, 0.29) is 0 Å². The van der Waals surface area contributed by atoms with Crippen molar-refractivity contribution in [3.05, 3.63) is 24.3 Å². The third-order valence-electron chi connectivity index (χ3n) is 5.69. The summed E-state index contributed by atoms with van der Waals surface area (Å²) in [7, 11) is 0. The van der Waals surface area contributed by atoms with Gasteiger partial charge in [-0.15, -0.1) is 0 Å². The van der Waals surface area contributed by atoms with E-state index in [1.807, 2.05) is 30.5 Å². The summed E-state index contributed by atoms with van der Waals surface area (Å²) in [5.74, 6) is 0.849. The van der Waals surface area contributed by atoms with Crippen LogP contribution in [0.25, 0.3) is 0 Å². The number of aliphatic carboxylic acids is 1. The van der Waals surface area contributed by atoms with Crippen LogP contribution in [0.2, 0.25) is 0 Å². The molecule has 5 N–H and O–H groups in total. The Balaban J connectivity index is 0.000000761. The van der Waals surface area contributed by atoms with Crippen LogP contribution in [0.3, 0.4) is 0 Å². The molecule has 2 unspecified atom stereocenters. The van der Waals surface area contributed by atoms with Crippen LogP contribution in [0, 0.1) is 0 Å². The molecule has 1 aromatic carbocycles. The Morgan fingerprint density at radius 1 is 1.03 bits per heavy atom. The summed E-state index contributed by atoms with van der Waals surface area (Å²) < 4.78 is 5.70. The van der Waals surface area contributed by atoms with E-state index in [4.69, 9.17) is 20.7 Å². The Morgan fingerprint density at radius 2 is 1.60 bits per heavy atom. The predicted molar refractivity (Wildman–Crippen MR) is 152 cm³/mol. The fraction of sp³-hybridized carbons (Fsp3) is 0.750. The molecule has 0 saturated carbocycles. The average Bonchev–Trinajstić information content (AvgIpc) is 2.82. The molecule has 0 aliphatic carbocycles. The zero-order valence-electron chi connectivity index (χ0n) is 22.5. The molecule has 0 bridgehead atoms. The fourth-order valence-corrected chi connectivity index (χ4v) is 4.07. The second-order valence-electron chi connectivity index (χ2n) is 9.24. The molecule has 0 saturated heterocycles. The molecule has 0 aromatic heterocycles. The van der Waals surface area contributed by atoms with E-state index in [2.05, 4.69) is 12.2 Å². The Bertz CT molecular complexity index is 616. The maximum absolute atomic E-state index is 10.7. The van der Waals surface area contributed by atoms with Crippen LogP contribution in [0.15, 0.2) is 24.3 Å². The lowest BCUT2D eigenvalue weighted by Crippen LogP contribution is -2.40. The Morgan fingerprint density at radius 3 is 2.09 bits per heavy atom. The van der Waals surface area contributed by atoms with Gasteiger partial charge in [-0.25, -0.2) is 0 Å². The van der Waals surface area contributed by atoms with Crippen LogP contribution in [0.5, 0.6) is 5.75 Å². The van der Waals surface area contributed by atoms with Crippen LogP contribution >= 0.6 is 11.8 Å². The van der Waals surface area contributed by atoms with Crippen molar-refractivity contribution >= 4 is 23.4 Å². The quantitative estimate of drug-likeness (QED) is 0.110. The zero-order valence-corrected chi connectivity index (χ0v) is 23.3. The lowest BCUT2D eigenvalue weighted by molar-refractivity contribution is -0.139. The molecule has 1 aromatic rings. The van der Waals surface area contributed by atoms with E-state index in [1.165, 1.54) is 70.6 Å². The second-order valence-corrected chi connectivity index (χ2v) is 10.2. The number of rotatable bonds is 21. The van der Waals surface area contributed by atoms with Crippen LogP contribution in [-0.4, -0.2) is 53.5 Å². The number of hydrogen-bond acceptors (Lipinski definition) is 6. The molecule has 0 fully saturated rings. The summed E-state index contributed by atoms with van der Waals surface area (Å²) >= 11 is 1.62. The van der Waals surface area contributed by atoms with Crippen LogP contribution in [-0.2, 0) is 4.79 Å². The standard InChI is InChI=1S/C20H35NO.C8H17NO3S/c1-2-3-4-5-6-7-8-9-10-11-12-13-17-22-20-16-14-15-19(21)18-20;1-6(10)5-9-7(8(11)12)3-4-13-2/h14-16,18H,2-13,17,21H2,1H3;6-7,9-10H,3-5H2,1-2H3,(H,11,12). The predicted octanol–water partition coefficient (Wildman–Crippen LogP) is 6.51. The molecule has 0 amide bonds. The first kappa shape index (κ1) is 33.6. The number of carboxylic acids is 1. The van der Waals surface area contributed by atoms with E-state index in [9.17, 15) is 4.79 Å². The summed E-state index contributed by atoms with van der Waals surface area (Å²) in [5, 5.41) is 20.5. The molecule has 0 heterocycles. The van der Waals surface area contributed by atoms with Crippen LogP contribution < -0.4 is 15.8 Å². The number of carboxylic acid groups (broad SMARTS) is 1. The van der Waals surface area contributed by atoms with Gasteiger partial charge in [0.25, 0.3) is 0 Å². The molecule has 6 nitrogen and oxygen atoms in total. The van der Waals surface area contributed by atoms with Gasteiger partial charge < -0.3 is 26.0 Å². The van der Waals surface area contributed by atoms with Crippen molar-refractivity contribution in [1.82, 2.24) is 5.32 Å². The number of benzene rings is 1. The van der Waals surface area contributed by atoms with Gasteiger partial charge in [0.15, 0.2) is 0 Å². The lowest BCUT2D eigenvalue weighted by atomic mass is 10.1. The monoisotopic (exact) mass is 512 g/mol. The maximum Gasteiger partial charge on any atom is 0.320 e. The van der Waals surface area contributed by atoms with Crippen molar-refractivity contribution in [2.75, 3.05) is 30.9 Å². The molecule has 0 aliphatic heterocycles. The summed E-state index contributed by atoms with van der Waals surface area (Å²) in [4.78, 5) is 10.7. The topological polar surface area (TPSA) is 105 Å². The van der Waals surface area contributed by atoms with E-state index in [0.717, 1.165) is 30.2 Å². The van der Waals surface area contributed by atoms with Gasteiger partial charge in [-0.05, 0) is 43.9 Å². The van der Waals surface area contributed by atoms with Gasteiger partial charge in [0.05, 0.1) is 12.7 Å². The van der Waals surface area contributed by atoms with Gasteiger partial charge in [-0.2, -0.15) is 11.8 Å². The molecular formula is C28H52N2O4S. The molecule has 0 aliphatic rings. The molecule has 204 valence electrons. The maximum atomic E-state index is 10.7. The highest BCUT2D eigenvalue weighted by molar-refractivity contribution is 7.98. The SMILES string of the molecule is CCCCCCCCCCCCCCOc1cccc(N)c1.CSCCC(NCC(C)O)C(=O)O. The van der Waals surface area contributed by atoms with Gasteiger partial charge in [-0.3, -0.25) is 4.79 Å². The van der Waals surface area contributed by atoms with Gasteiger partial charge >= 0.3 is 5.97 Å². The van der Waals surface area contributed by atoms with Gasteiger partial charge in [0.1, 0.15) is 11.8 Å². The first-order chi connectivity index (χ1) is 16.9. The number of carbonyl (C=O) groups is 1. The summed E-state index contributed by atoms with van der Waals surface area (Å²) in [6.45, 7) is 5.03. The summed E-state index contributed by atoms with van der Waals surface area (Å²) in [5.41, 5.74) is 6.49. The molecule has 7 heteroatoms. The molecule has 1 rings (SSSR count). The highest BCUT2D eigenvalue weighted by Gasteiger charge is 2.16. The smallest absolute Gasteiger partial charge is 0.320 e. The minimum atomic E-state index is -0.852. The van der Waals surface area contributed by atoms with E-state index in [1.54, 1.807) is 18.7 Å². The van der Waals surface area contributed by atoms with Crippen molar-refractivity contribution in [2.45, 2.75) is 109 Å². The lowest BCUT2D eigenvalue weighted by Gasteiger charge is -2.14. The Labute approximate surface area is 218 Å². The van der Waals surface area contributed by atoms with Crippen molar-refractivity contribution < 1.29 is 19.7 Å². The first-order valence-corrected chi connectivity index (χ1v) is 14.9. The molecule has 0 spiro atoms. The van der Waals surface area contributed by atoms with Crippen molar-refractivity contribution in [3.63, 3.8) is 0 Å². The summed E-state index contributed by atoms with van der Waals surface area (Å²) in [6.07, 6.45) is 18.5. The summed E-state index contributed by atoms with van der Waals surface area (Å²) in [6, 6.07) is 7.14. The third kappa shape index (κ3) is 22.7. The number of nitrogens with one attached hydrogen (secondary N) is 1. The molecule has 35 heavy (non-hydrogen) atoms. The van der Waals surface area contributed by atoms with Gasteiger partial charge in [-0.1, -0.05) is 83.6 Å². The number of ether oxygens (including phenoxy) is 1. The fourth-order valence-electron chi connectivity index (χ4n) is 3.60. The average molecular weight is 513 g/mol. The highest BCUT2D eigenvalue weighted by Crippen LogP contribution is 2.15.